The van der Waals surface area contributed by atoms with Crippen molar-refractivity contribution in [2.24, 2.45) is 34.5 Å². The van der Waals surface area contributed by atoms with Crippen LogP contribution in [-0.2, 0) is 9.53 Å². The molecule has 3 fully saturated rings. The lowest BCUT2D eigenvalue weighted by molar-refractivity contribution is -0.141. The molecular formula is C23H34O2. The standard InChI is InChI=1S/C23H34O2/c1-16(24)25-15-12-18-8-10-20-19-9-7-17-6-4-5-13-22(17,2)21(19)11-14-23(18,20)3/h5-6,13,18-21H,4,7-12,14-15H2,1-3H3/t18-,19+,20+,21+,22+,23-/m1/s1. The molecule has 25 heavy (non-hydrogen) atoms. The molecule has 138 valence electrons. The maximum Gasteiger partial charge on any atom is 0.302 e. The predicted octanol–water partition coefficient (Wildman–Crippen LogP) is 5.68. The molecule has 0 unspecified atom stereocenters. The molecule has 0 aromatic rings. The van der Waals surface area contributed by atoms with Crippen molar-refractivity contribution in [3.63, 3.8) is 0 Å². The van der Waals surface area contributed by atoms with E-state index in [9.17, 15) is 4.79 Å². The summed E-state index contributed by atoms with van der Waals surface area (Å²) in [5, 5.41) is 0. The number of carbonyl (C=O) groups excluding carboxylic acids is 1. The number of allylic oxidation sites excluding steroid dienone is 4. The van der Waals surface area contributed by atoms with Gasteiger partial charge in [0, 0.05) is 12.3 Å². The molecule has 4 rings (SSSR count). The summed E-state index contributed by atoms with van der Waals surface area (Å²) >= 11 is 0. The second-order valence-corrected chi connectivity index (χ2v) is 9.51. The van der Waals surface area contributed by atoms with E-state index in [1.54, 1.807) is 5.57 Å². The molecule has 0 N–H and O–H groups in total. The van der Waals surface area contributed by atoms with Crippen LogP contribution < -0.4 is 0 Å². The molecule has 3 saturated carbocycles. The van der Waals surface area contributed by atoms with E-state index in [1.165, 1.54) is 45.4 Å². The molecule has 0 bridgehead atoms. The highest BCUT2D eigenvalue weighted by Gasteiger charge is 2.57. The van der Waals surface area contributed by atoms with E-state index >= 15 is 0 Å². The summed E-state index contributed by atoms with van der Waals surface area (Å²) in [6, 6.07) is 0. The van der Waals surface area contributed by atoms with Crippen molar-refractivity contribution in [2.45, 2.75) is 72.1 Å². The number of carbonyl (C=O) groups is 1. The predicted molar refractivity (Wildman–Crippen MR) is 101 cm³/mol. The summed E-state index contributed by atoms with van der Waals surface area (Å²) in [6.07, 6.45) is 17.8. The summed E-state index contributed by atoms with van der Waals surface area (Å²) in [7, 11) is 0. The zero-order valence-corrected chi connectivity index (χ0v) is 16.2. The van der Waals surface area contributed by atoms with Crippen molar-refractivity contribution in [1.29, 1.82) is 0 Å². The molecule has 0 spiro atoms. The zero-order chi connectivity index (χ0) is 17.7. The van der Waals surface area contributed by atoms with Crippen molar-refractivity contribution in [3.8, 4) is 0 Å². The summed E-state index contributed by atoms with van der Waals surface area (Å²) in [5.41, 5.74) is 2.53. The Balaban J connectivity index is 1.52. The Morgan fingerprint density at radius 3 is 2.84 bits per heavy atom. The van der Waals surface area contributed by atoms with Gasteiger partial charge in [0.15, 0.2) is 0 Å². The van der Waals surface area contributed by atoms with Gasteiger partial charge < -0.3 is 4.74 Å². The highest BCUT2D eigenvalue weighted by molar-refractivity contribution is 5.65. The van der Waals surface area contributed by atoms with Gasteiger partial charge in [0.1, 0.15) is 0 Å². The molecule has 0 aromatic carbocycles. The number of hydrogen-bond donors (Lipinski definition) is 0. The number of rotatable bonds is 3. The average molecular weight is 343 g/mol. The number of hydrogen-bond acceptors (Lipinski definition) is 2. The quantitative estimate of drug-likeness (QED) is 0.487. The van der Waals surface area contributed by atoms with Crippen molar-refractivity contribution in [1.82, 2.24) is 0 Å². The first-order valence-corrected chi connectivity index (χ1v) is 10.5. The van der Waals surface area contributed by atoms with E-state index in [1.807, 2.05) is 0 Å². The Kier molecular flexibility index (Phi) is 4.37. The van der Waals surface area contributed by atoms with E-state index in [2.05, 4.69) is 32.1 Å². The van der Waals surface area contributed by atoms with Gasteiger partial charge >= 0.3 is 5.97 Å². The van der Waals surface area contributed by atoms with Gasteiger partial charge in [-0.3, -0.25) is 4.79 Å². The van der Waals surface area contributed by atoms with Crippen LogP contribution in [0.4, 0.5) is 0 Å². The van der Waals surface area contributed by atoms with Crippen LogP contribution in [0, 0.1) is 34.5 Å². The number of ether oxygens (including phenoxy) is 1. The SMILES string of the molecule is CC(=O)OCC[C@H]1CC[C@H]2[C@@H]3CCC4=CCC=C[C@]4(C)[C@H]3CC[C@]12C. The Bertz CT molecular complexity index is 603. The highest BCUT2D eigenvalue weighted by Crippen LogP contribution is 2.66. The lowest BCUT2D eigenvalue weighted by Gasteiger charge is -2.57. The average Bonchev–Trinajstić information content (AvgIpc) is 2.91. The third-order valence-electron chi connectivity index (χ3n) is 8.58. The molecule has 0 heterocycles. The largest absolute Gasteiger partial charge is 0.466 e. The molecule has 0 saturated heterocycles. The van der Waals surface area contributed by atoms with Crippen LogP contribution >= 0.6 is 0 Å². The van der Waals surface area contributed by atoms with Gasteiger partial charge in [0.25, 0.3) is 0 Å². The first-order valence-electron chi connectivity index (χ1n) is 10.5. The van der Waals surface area contributed by atoms with E-state index in [0.717, 1.165) is 36.5 Å². The molecule has 4 aliphatic rings. The van der Waals surface area contributed by atoms with Crippen LogP contribution in [0.2, 0.25) is 0 Å². The van der Waals surface area contributed by atoms with Crippen LogP contribution in [-0.4, -0.2) is 12.6 Å². The third-order valence-corrected chi connectivity index (χ3v) is 8.58. The normalized spacial score (nSPS) is 45.2. The summed E-state index contributed by atoms with van der Waals surface area (Å²) in [4.78, 5) is 11.1. The molecule has 4 aliphatic carbocycles. The van der Waals surface area contributed by atoms with E-state index < -0.39 is 0 Å². The minimum absolute atomic E-state index is 0.132. The summed E-state index contributed by atoms with van der Waals surface area (Å²) in [5.74, 6) is 3.22. The Morgan fingerprint density at radius 2 is 2.04 bits per heavy atom. The van der Waals surface area contributed by atoms with Crippen molar-refractivity contribution in [3.05, 3.63) is 23.8 Å². The minimum Gasteiger partial charge on any atom is -0.466 e. The fourth-order valence-corrected chi connectivity index (χ4v) is 7.27. The molecule has 2 heteroatoms. The van der Waals surface area contributed by atoms with Gasteiger partial charge in [-0.15, -0.1) is 0 Å². The molecule has 0 aromatic heterocycles. The minimum atomic E-state index is -0.132. The van der Waals surface area contributed by atoms with Crippen LogP contribution in [0.5, 0.6) is 0 Å². The zero-order valence-electron chi connectivity index (χ0n) is 16.2. The summed E-state index contributed by atoms with van der Waals surface area (Å²) in [6.45, 7) is 7.21. The highest BCUT2D eigenvalue weighted by atomic mass is 16.5. The summed E-state index contributed by atoms with van der Waals surface area (Å²) < 4.78 is 5.27. The smallest absolute Gasteiger partial charge is 0.302 e. The lowest BCUT2D eigenvalue weighted by Crippen LogP contribution is -2.49. The topological polar surface area (TPSA) is 26.3 Å². The molecule has 2 nitrogen and oxygen atoms in total. The lowest BCUT2D eigenvalue weighted by atomic mass is 9.47. The van der Waals surface area contributed by atoms with Gasteiger partial charge in [0.2, 0.25) is 0 Å². The van der Waals surface area contributed by atoms with Crippen molar-refractivity contribution in [2.75, 3.05) is 6.61 Å². The van der Waals surface area contributed by atoms with E-state index in [0.29, 0.717) is 17.4 Å². The Morgan fingerprint density at radius 1 is 1.20 bits per heavy atom. The molecule has 0 aliphatic heterocycles. The van der Waals surface area contributed by atoms with Gasteiger partial charge in [-0.1, -0.05) is 37.6 Å². The first-order chi connectivity index (χ1) is 11.9. The van der Waals surface area contributed by atoms with Gasteiger partial charge in [-0.2, -0.15) is 0 Å². The fourth-order valence-electron chi connectivity index (χ4n) is 7.27. The van der Waals surface area contributed by atoms with Gasteiger partial charge in [-0.05, 0) is 80.5 Å². The maximum absolute atomic E-state index is 11.1. The second kappa shape index (κ2) is 6.28. The monoisotopic (exact) mass is 342 g/mol. The van der Waals surface area contributed by atoms with Gasteiger partial charge in [0.05, 0.1) is 6.61 Å². The Labute approximate surface area is 153 Å². The molecule has 0 amide bonds. The third kappa shape index (κ3) is 2.71. The maximum atomic E-state index is 11.1. The second-order valence-electron chi connectivity index (χ2n) is 9.51. The van der Waals surface area contributed by atoms with Crippen LogP contribution in [0.3, 0.4) is 0 Å². The van der Waals surface area contributed by atoms with Crippen molar-refractivity contribution >= 4 is 5.97 Å². The molecular weight excluding hydrogens is 308 g/mol. The Hall–Kier alpha value is -1.05. The number of fused-ring (bicyclic) bond motifs is 5. The first kappa shape index (κ1) is 17.4. The van der Waals surface area contributed by atoms with Crippen molar-refractivity contribution < 1.29 is 9.53 Å². The van der Waals surface area contributed by atoms with Gasteiger partial charge in [-0.25, -0.2) is 0 Å². The van der Waals surface area contributed by atoms with E-state index in [-0.39, 0.29) is 5.97 Å². The molecule has 6 atom stereocenters. The van der Waals surface area contributed by atoms with Crippen LogP contribution in [0.25, 0.3) is 0 Å². The molecule has 0 radical (unpaired) electrons. The fraction of sp³-hybridized carbons (Fsp3) is 0.783. The van der Waals surface area contributed by atoms with Crippen LogP contribution in [0.15, 0.2) is 23.8 Å². The van der Waals surface area contributed by atoms with E-state index in [4.69, 9.17) is 4.74 Å². The number of esters is 1. The van der Waals surface area contributed by atoms with Crippen LogP contribution in [0.1, 0.15) is 72.1 Å².